The average Bonchev–Trinajstić information content (AvgIpc) is 2.87. The van der Waals surface area contributed by atoms with Gasteiger partial charge in [-0.2, -0.15) is 4.99 Å². The van der Waals surface area contributed by atoms with Crippen LogP contribution in [0.4, 0.5) is 0 Å². The highest BCUT2D eigenvalue weighted by Crippen LogP contribution is 2.21. The van der Waals surface area contributed by atoms with E-state index < -0.39 is 0 Å². The maximum atomic E-state index is 11.3. The van der Waals surface area contributed by atoms with E-state index in [0.717, 1.165) is 9.75 Å². The van der Waals surface area contributed by atoms with Crippen LogP contribution in [0.5, 0.6) is 0 Å². The molecular formula is C10H9N3O2S2. The Morgan fingerprint density at radius 3 is 2.94 bits per heavy atom. The number of aliphatic imine (C=N–C) groups is 1. The molecule has 1 aliphatic heterocycles. The van der Waals surface area contributed by atoms with Crippen LogP contribution >= 0.6 is 23.6 Å². The van der Waals surface area contributed by atoms with Gasteiger partial charge in [-0.3, -0.25) is 4.79 Å². The van der Waals surface area contributed by atoms with Crippen molar-refractivity contribution in [2.45, 2.75) is 13.3 Å². The lowest BCUT2D eigenvalue weighted by Gasteiger charge is -1.98. The van der Waals surface area contributed by atoms with Gasteiger partial charge in [0.15, 0.2) is 5.84 Å². The summed E-state index contributed by atoms with van der Waals surface area (Å²) >= 11 is 6.23. The van der Waals surface area contributed by atoms with Crippen molar-refractivity contribution in [1.82, 2.24) is 0 Å². The molecule has 0 aliphatic carbocycles. The third-order valence-electron chi connectivity index (χ3n) is 1.94. The number of thiocarbonyl (C=S) groups is 1. The number of hydrogen-bond donors (Lipinski definition) is 0. The summed E-state index contributed by atoms with van der Waals surface area (Å²) in [5, 5.41) is 7.74. The lowest BCUT2D eigenvalue weighted by molar-refractivity contribution is -0.142. The number of thiophene rings is 1. The highest BCUT2D eigenvalue weighted by atomic mass is 32.1. The summed E-state index contributed by atoms with van der Waals surface area (Å²) < 4.78 is 4.87. The molecular weight excluding hydrogens is 258 g/mol. The largest absolute Gasteiger partial charge is 0.466 e. The second-order valence-electron chi connectivity index (χ2n) is 3.17. The number of esters is 1. The molecule has 1 aromatic heterocycles. The Labute approximate surface area is 107 Å². The highest BCUT2D eigenvalue weighted by Gasteiger charge is 2.14. The number of carbonyl (C=O) groups excluding carboxylic acids is 1. The Kier molecular flexibility index (Phi) is 3.70. The van der Waals surface area contributed by atoms with Crippen LogP contribution in [0.1, 0.15) is 16.7 Å². The van der Waals surface area contributed by atoms with E-state index in [1.165, 1.54) is 11.3 Å². The molecule has 17 heavy (non-hydrogen) atoms. The summed E-state index contributed by atoms with van der Waals surface area (Å²) in [6.07, 6.45) is 0.271. The Morgan fingerprint density at radius 2 is 2.29 bits per heavy atom. The molecule has 7 heteroatoms. The minimum atomic E-state index is -0.230. The summed E-state index contributed by atoms with van der Waals surface area (Å²) in [5.74, 6) is 0.279. The first-order valence-electron chi connectivity index (χ1n) is 4.98. The van der Waals surface area contributed by atoms with Crippen LogP contribution in [0.15, 0.2) is 27.4 Å². The first-order valence-corrected chi connectivity index (χ1v) is 6.20. The molecule has 0 saturated heterocycles. The van der Waals surface area contributed by atoms with Crippen LogP contribution < -0.4 is 0 Å². The molecule has 0 radical (unpaired) electrons. The van der Waals surface area contributed by atoms with Crippen molar-refractivity contribution in [1.29, 1.82) is 0 Å². The van der Waals surface area contributed by atoms with E-state index in [1.54, 1.807) is 6.92 Å². The molecule has 0 saturated carbocycles. The van der Waals surface area contributed by atoms with Crippen LogP contribution in [0.3, 0.4) is 0 Å². The van der Waals surface area contributed by atoms with Crippen LogP contribution in [-0.2, 0) is 16.0 Å². The van der Waals surface area contributed by atoms with Crippen LogP contribution in [0, 0.1) is 0 Å². The van der Waals surface area contributed by atoms with Gasteiger partial charge in [0.2, 0.25) is 5.11 Å². The molecule has 2 heterocycles. The average molecular weight is 267 g/mol. The van der Waals surface area contributed by atoms with Crippen LogP contribution in [0.25, 0.3) is 0 Å². The van der Waals surface area contributed by atoms with Crippen molar-refractivity contribution in [3.05, 3.63) is 21.9 Å². The van der Waals surface area contributed by atoms with Crippen molar-refractivity contribution in [3.63, 3.8) is 0 Å². The first kappa shape index (κ1) is 12.0. The summed E-state index contributed by atoms with van der Waals surface area (Å²) in [6.45, 7) is 2.18. The molecule has 1 aromatic rings. The number of nitrogens with zero attached hydrogens (tertiary/aromatic N) is 3. The van der Waals surface area contributed by atoms with Gasteiger partial charge in [-0.25, -0.2) is 0 Å². The van der Waals surface area contributed by atoms with Gasteiger partial charge in [0.05, 0.1) is 17.9 Å². The Hall–Kier alpha value is -1.47. The fourth-order valence-electron chi connectivity index (χ4n) is 1.28. The Bertz CT molecular complexity index is 519. The number of hydrogen-bond acceptors (Lipinski definition) is 5. The molecule has 2 rings (SSSR count). The van der Waals surface area contributed by atoms with Crippen molar-refractivity contribution >= 4 is 40.5 Å². The fourth-order valence-corrected chi connectivity index (χ4v) is 2.33. The molecule has 0 fully saturated rings. The van der Waals surface area contributed by atoms with Gasteiger partial charge in [-0.05, 0) is 31.3 Å². The highest BCUT2D eigenvalue weighted by molar-refractivity contribution is 7.80. The number of ether oxygens (including phenoxy) is 1. The predicted molar refractivity (Wildman–Crippen MR) is 68.6 cm³/mol. The minimum absolute atomic E-state index is 0.230. The molecule has 0 spiro atoms. The molecule has 1 aliphatic rings. The molecule has 0 atom stereocenters. The van der Waals surface area contributed by atoms with Gasteiger partial charge in [0.25, 0.3) is 0 Å². The number of azo groups is 1. The third-order valence-corrected chi connectivity index (χ3v) is 3.19. The van der Waals surface area contributed by atoms with E-state index in [4.69, 9.17) is 17.0 Å². The van der Waals surface area contributed by atoms with Gasteiger partial charge in [-0.15, -0.1) is 21.6 Å². The fraction of sp³-hybridized carbons (Fsp3) is 0.300. The van der Waals surface area contributed by atoms with Crippen molar-refractivity contribution in [3.8, 4) is 0 Å². The topological polar surface area (TPSA) is 63.4 Å². The quantitative estimate of drug-likeness (QED) is 0.621. The summed E-state index contributed by atoms with van der Waals surface area (Å²) in [6, 6.07) is 3.71. The smallest absolute Gasteiger partial charge is 0.311 e. The van der Waals surface area contributed by atoms with Crippen molar-refractivity contribution < 1.29 is 9.53 Å². The standard InChI is InChI=1S/C10H9N3O2S2/c1-2-15-8(14)5-6-3-4-7(17-6)9-11-10(16)13-12-9/h3-4H,2,5H2,1H3. The molecule has 0 unspecified atom stereocenters. The molecule has 0 aromatic carbocycles. The number of carbonyl (C=O) groups is 1. The van der Waals surface area contributed by atoms with Crippen LogP contribution in [-0.4, -0.2) is 23.5 Å². The van der Waals surface area contributed by atoms with E-state index in [-0.39, 0.29) is 17.5 Å². The maximum absolute atomic E-state index is 11.3. The zero-order chi connectivity index (χ0) is 12.3. The molecule has 5 nitrogen and oxygen atoms in total. The van der Waals surface area contributed by atoms with Crippen molar-refractivity contribution in [2.75, 3.05) is 6.61 Å². The second kappa shape index (κ2) is 5.24. The monoisotopic (exact) mass is 267 g/mol. The lowest BCUT2D eigenvalue weighted by Crippen LogP contribution is -2.06. The van der Waals surface area contributed by atoms with Gasteiger partial charge in [0, 0.05) is 4.88 Å². The minimum Gasteiger partial charge on any atom is -0.466 e. The Balaban J connectivity index is 2.06. The Morgan fingerprint density at radius 1 is 1.47 bits per heavy atom. The van der Waals surface area contributed by atoms with E-state index in [2.05, 4.69) is 15.2 Å². The molecule has 0 N–H and O–H groups in total. The second-order valence-corrected chi connectivity index (χ2v) is 4.70. The maximum Gasteiger partial charge on any atom is 0.311 e. The zero-order valence-electron chi connectivity index (χ0n) is 9.04. The summed E-state index contributed by atoms with van der Waals surface area (Å²) in [4.78, 5) is 17.0. The summed E-state index contributed by atoms with van der Waals surface area (Å²) in [5.41, 5.74) is 0. The van der Waals surface area contributed by atoms with Gasteiger partial charge in [-0.1, -0.05) is 0 Å². The van der Waals surface area contributed by atoms with Gasteiger partial charge >= 0.3 is 5.97 Å². The first-order chi connectivity index (χ1) is 8.19. The SMILES string of the molecule is CCOC(=O)Cc1ccc(C2=NC(=S)N=N2)s1. The normalized spacial score (nSPS) is 13.9. The van der Waals surface area contributed by atoms with E-state index in [0.29, 0.717) is 12.4 Å². The number of rotatable bonds is 4. The molecule has 0 bridgehead atoms. The number of amidine groups is 1. The molecule has 0 amide bonds. The predicted octanol–water partition coefficient (Wildman–Crippen LogP) is 2.35. The van der Waals surface area contributed by atoms with Crippen molar-refractivity contribution in [2.24, 2.45) is 15.2 Å². The van der Waals surface area contributed by atoms with Crippen LogP contribution in [0.2, 0.25) is 0 Å². The van der Waals surface area contributed by atoms with Gasteiger partial charge < -0.3 is 4.74 Å². The summed E-state index contributed by atoms with van der Waals surface area (Å²) in [7, 11) is 0. The van der Waals surface area contributed by atoms with E-state index >= 15 is 0 Å². The zero-order valence-corrected chi connectivity index (χ0v) is 10.7. The van der Waals surface area contributed by atoms with E-state index in [1.807, 2.05) is 12.1 Å². The molecule has 88 valence electrons. The van der Waals surface area contributed by atoms with E-state index in [9.17, 15) is 4.79 Å². The lowest BCUT2D eigenvalue weighted by atomic mass is 10.3. The van der Waals surface area contributed by atoms with Gasteiger partial charge in [0.1, 0.15) is 0 Å². The third kappa shape index (κ3) is 3.01.